The van der Waals surface area contributed by atoms with E-state index in [4.69, 9.17) is 11.6 Å². The molecular weight excluding hydrogens is 256 g/mol. The van der Waals surface area contributed by atoms with Gasteiger partial charge in [-0.25, -0.2) is 0 Å². The molecule has 106 valence electrons. The van der Waals surface area contributed by atoms with Crippen LogP contribution in [0.2, 0.25) is 5.02 Å². The lowest BCUT2D eigenvalue weighted by Crippen LogP contribution is -2.32. The third kappa shape index (κ3) is 4.20. The van der Waals surface area contributed by atoms with Crippen molar-refractivity contribution in [3.63, 3.8) is 0 Å². The van der Waals surface area contributed by atoms with Gasteiger partial charge >= 0.3 is 0 Å². The second kappa shape index (κ2) is 7.28. The Labute approximate surface area is 122 Å². The molecule has 0 saturated heterocycles. The molecule has 1 N–H and O–H groups in total. The van der Waals surface area contributed by atoms with Crippen LogP contribution in [0.25, 0.3) is 0 Å². The average Bonchev–Trinajstić information content (AvgIpc) is 2.93. The van der Waals surface area contributed by atoms with E-state index in [1.165, 1.54) is 31.2 Å². The van der Waals surface area contributed by atoms with Gasteiger partial charge in [0.1, 0.15) is 0 Å². The molecule has 0 amide bonds. The predicted molar refractivity (Wildman–Crippen MR) is 82.8 cm³/mol. The standard InChI is InChI=1S/C16H25ClN2/c1-18-16(13-6-5-7-14(17)12-13)10-11-19(2)15-8-3-4-9-15/h5-7,12,15-16,18H,3-4,8-11H2,1-2H3. The molecule has 0 aromatic heterocycles. The van der Waals surface area contributed by atoms with Crippen molar-refractivity contribution in [2.24, 2.45) is 0 Å². The fourth-order valence-corrected chi connectivity index (χ4v) is 3.26. The summed E-state index contributed by atoms with van der Waals surface area (Å²) < 4.78 is 0. The van der Waals surface area contributed by atoms with Gasteiger partial charge in [-0.05, 0) is 57.6 Å². The third-order valence-corrected chi connectivity index (χ3v) is 4.55. The molecule has 1 aliphatic carbocycles. The van der Waals surface area contributed by atoms with E-state index in [-0.39, 0.29) is 0 Å². The minimum Gasteiger partial charge on any atom is -0.313 e. The third-order valence-electron chi connectivity index (χ3n) is 4.32. The fraction of sp³-hybridized carbons (Fsp3) is 0.625. The van der Waals surface area contributed by atoms with Gasteiger partial charge in [0, 0.05) is 17.1 Å². The Morgan fingerprint density at radius 2 is 2.11 bits per heavy atom. The van der Waals surface area contributed by atoms with Gasteiger partial charge in [-0.15, -0.1) is 0 Å². The molecular formula is C16H25ClN2. The highest BCUT2D eigenvalue weighted by molar-refractivity contribution is 6.30. The van der Waals surface area contributed by atoms with Gasteiger partial charge in [-0.2, -0.15) is 0 Å². The summed E-state index contributed by atoms with van der Waals surface area (Å²) in [7, 11) is 4.29. The zero-order valence-corrected chi connectivity index (χ0v) is 12.8. The maximum atomic E-state index is 6.07. The zero-order chi connectivity index (χ0) is 13.7. The van der Waals surface area contributed by atoms with E-state index in [1.807, 2.05) is 19.2 Å². The van der Waals surface area contributed by atoms with Crippen LogP contribution in [0.4, 0.5) is 0 Å². The van der Waals surface area contributed by atoms with Crippen molar-refractivity contribution in [3.05, 3.63) is 34.9 Å². The first-order valence-corrected chi connectivity index (χ1v) is 7.71. The molecule has 3 heteroatoms. The largest absolute Gasteiger partial charge is 0.313 e. The number of hydrogen-bond donors (Lipinski definition) is 1. The molecule has 0 radical (unpaired) electrons. The van der Waals surface area contributed by atoms with E-state index >= 15 is 0 Å². The summed E-state index contributed by atoms with van der Waals surface area (Å²) in [4.78, 5) is 2.53. The summed E-state index contributed by atoms with van der Waals surface area (Å²) in [5, 5.41) is 4.23. The van der Waals surface area contributed by atoms with Gasteiger partial charge in [0.2, 0.25) is 0 Å². The van der Waals surface area contributed by atoms with Gasteiger partial charge in [0.25, 0.3) is 0 Å². The highest BCUT2D eigenvalue weighted by Crippen LogP contribution is 2.24. The summed E-state index contributed by atoms with van der Waals surface area (Å²) in [6.45, 7) is 1.14. The van der Waals surface area contributed by atoms with Crippen LogP contribution in [-0.4, -0.2) is 31.6 Å². The van der Waals surface area contributed by atoms with E-state index in [1.54, 1.807) is 0 Å². The van der Waals surface area contributed by atoms with Crippen LogP contribution in [0, 0.1) is 0 Å². The van der Waals surface area contributed by atoms with Crippen LogP contribution in [0.5, 0.6) is 0 Å². The fourth-order valence-electron chi connectivity index (χ4n) is 3.06. The Morgan fingerprint density at radius 1 is 1.37 bits per heavy atom. The van der Waals surface area contributed by atoms with E-state index in [2.05, 4.69) is 29.4 Å². The molecule has 1 fully saturated rings. The maximum absolute atomic E-state index is 6.07. The zero-order valence-electron chi connectivity index (χ0n) is 12.0. The second-order valence-electron chi connectivity index (χ2n) is 5.60. The molecule has 0 aliphatic heterocycles. The van der Waals surface area contributed by atoms with Crippen molar-refractivity contribution in [2.75, 3.05) is 20.6 Å². The SMILES string of the molecule is CNC(CCN(C)C1CCCC1)c1cccc(Cl)c1. The molecule has 0 spiro atoms. The maximum Gasteiger partial charge on any atom is 0.0409 e. The normalized spacial score (nSPS) is 18.1. The molecule has 1 aromatic rings. The molecule has 1 aliphatic rings. The van der Waals surface area contributed by atoms with Crippen molar-refractivity contribution in [1.82, 2.24) is 10.2 Å². The highest BCUT2D eigenvalue weighted by atomic mass is 35.5. The number of benzene rings is 1. The van der Waals surface area contributed by atoms with Crippen molar-refractivity contribution in [1.29, 1.82) is 0 Å². The summed E-state index contributed by atoms with van der Waals surface area (Å²) >= 11 is 6.07. The molecule has 1 saturated carbocycles. The van der Waals surface area contributed by atoms with Crippen LogP contribution < -0.4 is 5.32 Å². The lowest BCUT2D eigenvalue weighted by atomic mass is 10.0. The summed E-state index contributed by atoms with van der Waals surface area (Å²) in [5.41, 5.74) is 1.29. The first-order valence-electron chi connectivity index (χ1n) is 7.33. The summed E-state index contributed by atoms with van der Waals surface area (Å²) in [6.07, 6.45) is 6.68. The lowest BCUT2D eigenvalue weighted by molar-refractivity contribution is 0.233. The Kier molecular flexibility index (Phi) is 5.68. The average molecular weight is 281 g/mol. The van der Waals surface area contributed by atoms with Crippen molar-refractivity contribution in [3.8, 4) is 0 Å². The van der Waals surface area contributed by atoms with Crippen LogP contribution >= 0.6 is 11.6 Å². The van der Waals surface area contributed by atoms with Crippen LogP contribution in [0.15, 0.2) is 24.3 Å². The summed E-state index contributed by atoms with van der Waals surface area (Å²) in [5.74, 6) is 0. The molecule has 0 heterocycles. The van der Waals surface area contributed by atoms with E-state index < -0.39 is 0 Å². The van der Waals surface area contributed by atoms with Gasteiger partial charge in [0.05, 0.1) is 0 Å². The van der Waals surface area contributed by atoms with Crippen molar-refractivity contribution < 1.29 is 0 Å². The molecule has 0 bridgehead atoms. The Balaban J connectivity index is 1.88. The Bertz CT molecular complexity index is 388. The number of halogens is 1. The van der Waals surface area contributed by atoms with E-state index in [9.17, 15) is 0 Å². The van der Waals surface area contributed by atoms with Gasteiger partial charge in [0.15, 0.2) is 0 Å². The Hall–Kier alpha value is -0.570. The number of nitrogens with one attached hydrogen (secondary N) is 1. The monoisotopic (exact) mass is 280 g/mol. The van der Waals surface area contributed by atoms with E-state index in [0.717, 1.165) is 24.0 Å². The Morgan fingerprint density at radius 3 is 2.74 bits per heavy atom. The highest BCUT2D eigenvalue weighted by Gasteiger charge is 2.20. The van der Waals surface area contributed by atoms with Crippen molar-refractivity contribution in [2.45, 2.75) is 44.2 Å². The van der Waals surface area contributed by atoms with E-state index in [0.29, 0.717) is 6.04 Å². The first kappa shape index (κ1) is 14.8. The first-order chi connectivity index (χ1) is 9.20. The quantitative estimate of drug-likeness (QED) is 0.851. The minimum atomic E-state index is 0.391. The molecule has 1 atom stereocenters. The number of rotatable bonds is 6. The predicted octanol–water partition coefficient (Wildman–Crippen LogP) is 3.87. The smallest absolute Gasteiger partial charge is 0.0409 e. The topological polar surface area (TPSA) is 15.3 Å². The van der Waals surface area contributed by atoms with Gasteiger partial charge < -0.3 is 10.2 Å². The molecule has 2 nitrogen and oxygen atoms in total. The molecule has 1 unspecified atom stereocenters. The summed E-state index contributed by atoms with van der Waals surface area (Å²) in [6, 6.07) is 9.38. The number of hydrogen-bond acceptors (Lipinski definition) is 2. The van der Waals surface area contributed by atoms with Crippen LogP contribution in [0.1, 0.15) is 43.7 Å². The molecule has 19 heavy (non-hydrogen) atoms. The number of nitrogens with zero attached hydrogens (tertiary/aromatic N) is 1. The molecule has 2 rings (SSSR count). The second-order valence-corrected chi connectivity index (χ2v) is 6.04. The minimum absolute atomic E-state index is 0.391. The van der Waals surface area contributed by atoms with Crippen LogP contribution in [-0.2, 0) is 0 Å². The van der Waals surface area contributed by atoms with Gasteiger partial charge in [-0.3, -0.25) is 0 Å². The van der Waals surface area contributed by atoms with Gasteiger partial charge in [-0.1, -0.05) is 36.6 Å². The lowest BCUT2D eigenvalue weighted by Gasteiger charge is -2.26. The molecule has 1 aromatic carbocycles. The van der Waals surface area contributed by atoms with Crippen molar-refractivity contribution >= 4 is 11.6 Å². The van der Waals surface area contributed by atoms with Crippen LogP contribution in [0.3, 0.4) is 0 Å².